The van der Waals surface area contributed by atoms with Crippen molar-refractivity contribution in [3.05, 3.63) is 0 Å². The number of aliphatic carboxylic acids is 1. The molecule has 0 bridgehead atoms. The Kier molecular flexibility index (Phi) is 3.93. The number of carbonyl (C=O) groups excluding carboxylic acids is 1. The highest BCUT2D eigenvalue weighted by Crippen LogP contribution is 2.34. The first-order valence-electron chi connectivity index (χ1n) is 7.09. The zero-order valence-electron chi connectivity index (χ0n) is 11.1. The Bertz CT molecular complexity index is 336. The molecule has 2 saturated carbocycles. The molecule has 2 rings (SSSR count). The minimum atomic E-state index is -1.00. The number of carboxylic acids is 1. The van der Waals surface area contributed by atoms with E-state index < -0.39 is 11.5 Å². The van der Waals surface area contributed by atoms with Crippen LogP contribution in [0.5, 0.6) is 0 Å². The van der Waals surface area contributed by atoms with E-state index in [-0.39, 0.29) is 11.8 Å². The molecule has 1 amide bonds. The molecular formula is C14H23NO3. The molecule has 0 aliphatic heterocycles. The van der Waals surface area contributed by atoms with Crippen LogP contribution in [-0.4, -0.2) is 22.5 Å². The second-order valence-electron chi connectivity index (χ2n) is 6.06. The molecule has 2 fully saturated rings. The van der Waals surface area contributed by atoms with Crippen LogP contribution in [-0.2, 0) is 9.59 Å². The molecule has 2 aliphatic carbocycles. The summed E-state index contributed by atoms with van der Waals surface area (Å²) < 4.78 is 0. The van der Waals surface area contributed by atoms with Gasteiger partial charge < -0.3 is 10.4 Å². The number of amides is 1. The van der Waals surface area contributed by atoms with E-state index in [2.05, 4.69) is 12.2 Å². The lowest BCUT2D eigenvalue weighted by Crippen LogP contribution is -2.57. The highest BCUT2D eigenvalue weighted by Gasteiger charge is 2.44. The highest BCUT2D eigenvalue weighted by atomic mass is 16.4. The average molecular weight is 253 g/mol. The predicted molar refractivity (Wildman–Crippen MR) is 68.1 cm³/mol. The van der Waals surface area contributed by atoms with E-state index in [1.807, 2.05) is 0 Å². The van der Waals surface area contributed by atoms with Crippen LogP contribution in [0.1, 0.15) is 58.3 Å². The first-order valence-corrected chi connectivity index (χ1v) is 7.09. The molecule has 18 heavy (non-hydrogen) atoms. The lowest BCUT2D eigenvalue weighted by molar-refractivity contribution is -0.150. The van der Waals surface area contributed by atoms with Crippen molar-refractivity contribution in [3.63, 3.8) is 0 Å². The Hall–Kier alpha value is -1.06. The molecule has 0 spiro atoms. The number of hydrogen-bond donors (Lipinski definition) is 2. The maximum absolute atomic E-state index is 12.2. The number of nitrogens with one attached hydrogen (secondary N) is 1. The highest BCUT2D eigenvalue weighted by molar-refractivity contribution is 5.88. The Labute approximate surface area is 108 Å². The van der Waals surface area contributed by atoms with Crippen LogP contribution in [0.15, 0.2) is 0 Å². The molecule has 102 valence electrons. The molecule has 2 unspecified atom stereocenters. The minimum Gasteiger partial charge on any atom is -0.480 e. The molecule has 2 aliphatic rings. The lowest BCUT2D eigenvalue weighted by atomic mass is 9.76. The topological polar surface area (TPSA) is 66.4 Å². The lowest BCUT2D eigenvalue weighted by Gasteiger charge is -2.37. The Morgan fingerprint density at radius 1 is 1.17 bits per heavy atom. The third-order valence-corrected chi connectivity index (χ3v) is 4.50. The van der Waals surface area contributed by atoms with Gasteiger partial charge in [-0.05, 0) is 31.6 Å². The van der Waals surface area contributed by atoms with Crippen LogP contribution in [0.2, 0.25) is 0 Å². The van der Waals surface area contributed by atoms with E-state index >= 15 is 0 Å². The largest absolute Gasteiger partial charge is 0.480 e. The molecule has 0 aromatic carbocycles. The molecule has 0 aromatic rings. The van der Waals surface area contributed by atoms with Crippen molar-refractivity contribution in [3.8, 4) is 0 Å². The van der Waals surface area contributed by atoms with Gasteiger partial charge in [-0.2, -0.15) is 0 Å². The average Bonchev–Trinajstić information content (AvgIpc) is 2.82. The van der Waals surface area contributed by atoms with Crippen molar-refractivity contribution < 1.29 is 14.7 Å². The molecule has 0 radical (unpaired) electrons. The van der Waals surface area contributed by atoms with Crippen LogP contribution in [0.3, 0.4) is 0 Å². The van der Waals surface area contributed by atoms with Crippen LogP contribution in [0, 0.1) is 11.8 Å². The van der Waals surface area contributed by atoms with E-state index in [0.29, 0.717) is 18.8 Å². The molecular weight excluding hydrogens is 230 g/mol. The summed E-state index contributed by atoms with van der Waals surface area (Å²) in [7, 11) is 0. The third-order valence-electron chi connectivity index (χ3n) is 4.50. The molecule has 0 aromatic heterocycles. The van der Waals surface area contributed by atoms with Crippen LogP contribution in [0.25, 0.3) is 0 Å². The summed E-state index contributed by atoms with van der Waals surface area (Å²) in [6, 6.07) is 0. The van der Waals surface area contributed by atoms with Gasteiger partial charge in [0.1, 0.15) is 5.54 Å². The fourth-order valence-electron chi connectivity index (χ4n) is 3.44. The smallest absolute Gasteiger partial charge is 0.329 e. The van der Waals surface area contributed by atoms with Gasteiger partial charge in [0.15, 0.2) is 0 Å². The van der Waals surface area contributed by atoms with E-state index in [4.69, 9.17) is 0 Å². The summed E-state index contributed by atoms with van der Waals surface area (Å²) in [6.45, 7) is 2.07. The van der Waals surface area contributed by atoms with Gasteiger partial charge >= 0.3 is 5.97 Å². The molecule has 4 nitrogen and oxygen atoms in total. The van der Waals surface area contributed by atoms with Gasteiger partial charge in [0, 0.05) is 5.92 Å². The zero-order chi connectivity index (χ0) is 13.2. The van der Waals surface area contributed by atoms with Gasteiger partial charge in [-0.25, -0.2) is 4.79 Å². The first kappa shape index (κ1) is 13.4. The molecule has 0 saturated heterocycles. The number of carbonyl (C=O) groups is 2. The van der Waals surface area contributed by atoms with Gasteiger partial charge in [0.2, 0.25) is 5.91 Å². The summed E-state index contributed by atoms with van der Waals surface area (Å²) in [5.41, 5.74) is -1.00. The van der Waals surface area contributed by atoms with E-state index in [1.165, 1.54) is 0 Å². The van der Waals surface area contributed by atoms with Crippen molar-refractivity contribution in [2.24, 2.45) is 11.8 Å². The van der Waals surface area contributed by atoms with Crippen LogP contribution in [0.4, 0.5) is 0 Å². The Balaban J connectivity index is 2.05. The number of hydrogen-bond acceptors (Lipinski definition) is 2. The summed E-state index contributed by atoms with van der Waals surface area (Å²) >= 11 is 0. The molecule has 4 heteroatoms. The summed E-state index contributed by atoms with van der Waals surface area (Å²) in [5.74, 6) is -0.485. The van der Waals surface area contributed by atoms with Crippen LogP contribution >= 0.6 is 0 Å². The van der Waals surface area contributed by atoms with Crippen molar-refractivity contribution in [2.75, 3.05) is 0 Å². The van der Waals surface area contributed by atoms with E-state index in [1.54, 1.807) is 0 Å². The molecule has 2 N–H and O–H groups in total. The van der Waals surface area contributed by atoms with Crippen molar-refractivity contribution in [2.45, 2.75) is 63.8 Å². The first-order chi connectivity index (χ1) is 8.53. The van der Waals surface area contributed by atoms with Gasteiger partial charge in [-0.1, -0.05) is 32.6 Å². The molecule has 2 atom stereocenters. The monoisotopic (exact) mass is 253 g/mol. The Morgan fingerprint density at radius 2 is 1.83 bits per heavy atom. The summed E-state index contributed by atoms with van der Waals surface area (Å²) in [4.78, 5) is 23.7. The summed E-state index contributed by atoms with van der Waals surface area (Å²) in [5, 5.41) is 12.3. The van der Waals surface area contributed by atoms with E-state index in [0.717, 1.165) is 38.5 Å². The van der Waals surface area contributed by atoms with Gasteiger partial charge in [-0.15, -0.1) is 0 Å². The number of carboxylic acid groups (broad SMARTS) is 1. The molecule has 0 heterocycles. The zero-order valence-corrected chi connectivity index (χ0v) is 11.1. The van der Waals surface area contributed by atoms with E-state index in [9.17, 15) is 14.7 Å². The van der Waals surface area contributed by atoms with Gasteiger partial charge in [-0.3, -0.25) is 4.79 Å². The van der Waals surface area contributed by atoms with Crippen LogP contribution < -0.4 is 5.32 Å². The maximum Gasteiger partial charge on any atom is 0.329 e. The third kappa shape index (κ3) is 2.68. The van der Waals surface area contributed by atoms with Crippen molar-refractivity contribution >= 4 is 11.9 Å². The minimum absolute atomic E-state index is 0.0380. The van der Waals surface area contributed by atoms with Crippen molar-refractivity contribution in [1.29, 1.82) is 0 Å². The maximum atomic E-state index is 12.2. The van der Waals surface area contributed by atoms with Crippen molar-refractivity contribution in [1.82, 2.24) is 5.32 Å². The SMILES string of the molecule is CC1CCCC(NC(=O)C2CCCC2)(C(=O)O)C1. The standard InChI is InChI=1S/C14H23NO3/c1-10-5-4-8-14(9-10,13(17)18)15-12(16)11-6-2-3-7-11/h10-11H,2-9H2,1H3,(H,15,16)(H,17,18). The predicted octanol–water partition coefficient (Wildman–Crippen LogP) is 2.33. The fourth-order valence-corrected chi connectivity index (χ4v) is 3.44. The van der Waals surface area contributed by atoms with Gasteiger partial charge in [0.25, 0.3) is 0 Å². The normalized spacial score (nSPS) is 33.3. The summed E-state index contributed by atoms with van der Waals surface area (Å²) in [6.07, 6.45) is 7.11. The number of rotatable bonds is 3. The van der Waals surface area contributed by atoms with Gasteiger partial charge in [0.05, 0.1) is 0 Å². The Morgan fingerprint density at radius 3 is 2.39 bits per heavy atom. The quantitative estimate of drug-likeness (QED) is 0.811. The second-order valence-corrected chi connectivity index (χ2v) is 6.06. The fraction of sp³-hybridized carbons (Fsp3) is 0.857. The second kappa shape index (κ2) is 5.29.